The normalized spacial score (nSPS) is 21.5. The lowest BCUT2D eigenvalue weighted by Gasteiger charge is -2.26. The molecule has 0 aromatic rings. The highest BCUT2D eigenvalue weighted by atomic mass is 16.5. The van der Waals surface area contributed by atoms with Crippen LogP contribution in [0.25, 0.3) is 0 Å². The van der Waals surface area contributed by atoms with Gasteiger partial charge in [0.1, 0.15) is 0 Å². The zero-order valence-electron chi connectivity index (χ0n) is 15.3. The summed E-state index contributed by atoms with van der Waals surface area (Å²) in [6.45, 7) is 8.72. The average molecular weight is 326 g/mol. The van der Waals surface area contributed by atoms with Crippen LogP contribution in [0.1, 0.15) is 79.1 Å². The number of hydrogen-bond acceptors (Lipinski definition) is 4. The van der Waals surface area contributed by atoms with Gasteiger partial charge in [-0.3, -0.25) is 9.59 Å². The molecule has 1 saturated carbocycles. The number of ether oxygens (including phenoxy) is 2. The third kappa shape index (κ3) is 8.38. The van der Waals surface area contributed by atoms with Crippen LogP contribution in [0.15, 0.2) is 0 Å². The predicted molar refractivity (Wildman–Crippen MR) is 90.9 cm³/mol. The van der Waals surface area contributed by atoms with Gasteiger partial charge in [-0.15, -0.1) is 0 Å². The second-order valence-electron chi connectivity index (χ2n) is 7.44. The summed E-state index contributed by atoms with van der Waals surface area (Å²) < 4.78 is 10.6. The molecule has 0 radical (unpaired) electrons. The summed E-state index contributed by atoms with van der Waals surface area (Å²) in [6.07, 6.45) is 7.41. The molecule has 4 nitrogen and oxygen atoms in total. The Labute approximate surface area is 141 Å². The van der Waals surface area contributed by atoms with Crippen molar-refractivity contribution in [3.05, 3.63) is 0 Å². The third-order valence-corrected chi connectivity index (χ3v) is 4.42. The molecule has 0 aromatic heterocycles. The zero-order valence-corrected chi connectivity index (χ0v) is 15.3. The fourth-order valence-corrected chi connectivity index (χ4v) is 3.02. The highest BCUT2D eigenvalue weighted by Crippen LogP contribution is 2.30. The largest absolute Gasteiger partial charge is 0.465 e. The first-order valence-corrected chi connectivity index (χ1v) is 9.27. The van der Waals surface area contributed by atoms with Gasteiger partial charge in [-0.2, -0.15) is 0 Å². The van der Waals surface area contributed by atoms with Gasteiger partial charge in [-0.1, -0.05) is 33.1 Å². The molecule has 134 valence electrons. The van der Waals surface area contributed by atoms with Crippen molar-refractivity contribution in [2.75, 3.05) is 6.61 Å². The second kappa shape index (κ2) is 10.7. The van der Waals surface area contributed by atoms with Crippen molar-refractivity contribution in [2.45, 2.75) is 85.2 Å². The predicted octanol–water partition coefficient (Wildman–Crippen LogP) is 4.50. The van der Waals surface area contributed by atoms with Crippen LogP contribution in [-0.4, -0.2) is 24.6 Å². The van der Waals surface area contributed by atoms with Gasteiger partial charge in [0.25, 0.3) is 0 Å². The monoisotopic (exact) mass is 326 g/mol. The maximum Gasteiger partial charge on any atom is 0.309 e. The van der Waals surface area contributed by atoms with Crippen molar-refractivity contribution >= 4 is 11.9 Å². The van der Waals surface area contributed by atoms with Gasteiger partial charge in [-0.25, -0.2) is 0 Å². The van der Waals surface area contributed by atoms with E-state index in [0.29, 0.717) is 6.61 Å². The Bertz CT molecular complexity index is 354. The van der Waals surface area contributed by atoms with Crippen LogP contribution in [0.4, 0.5) is 0 Å². The number of unbranched alkanes of at least 4 members (excludes halogenated alkanes) is 2. The summed E-state index contributed by atoms with van der Waals surface area (Å²) in [5.74, 6) is 0.475. The number of esters is 2. The lowest BCUT2D eigenvalue weighted by molar-refractivity contribution is -0.157. The van der Waals surface area contributed by atoms with E-state index in [0.717, 1.165) is 44.4 Å². The molecule has 0 aliphatic heterocycles. The molecule has 0 heterocycles. The minimum absolute atomic E-state index is 0.0336. The molecule has 23 heavy (non-hydrogen) atoms. The molecular weight excluding hydrogens is 292 g/mol. The molecule has 0 bridgehead atoms. The fraction of sp³-hybridized carbons (Fsp3) is 0.895. The van der Waals surface area contributed by atoms with Gasteiger partial charge in [0, 0.05) is 0 Å². The molecule has 1 rings (SSSR count). The van der Waals surface area contributed by atoms with Crippen molar-refractivity contribution in [3.8, 4) is 0 Å². The van der Waals surface area contributed by atoms with Gasteiger partial charge >= 0.3 is 11.9 Å². The van der Waals surface area contributed by atoms with Gasteiger partial charge in [-0.05, 0) is 51.9 Å². The fourth-order valence-electron chi connectivity index (χ4n) is 3.02. The Morgan fingerprint density at radius 3 is 1.96 bits per heavy atom. The van der Waals surface area contributed by atoms with E-state index in [9.17, 15) is 9.59 Å². The van der Waals surface area contributed by atoms with E-state index in [4.69, 9.17) is 9.47 Å². The van der Waals surface area contributed by atoms with Crippen LogP contribution in [0.5, 0.6) is 0 Å². The van der Waals surface area contributed by atoms with Crippen molar-refractivity contribution in [1.82, 2.24) is 0 Å². The molecule has 0 saturated heterocycles. The van der Waals surface area contributed by atoms with Gasteiger partial charge in [0.05, 0.1) is 24.5 Å². The minimum atomic E-state index is -0.114. The lowest BCUT2D eigenvalue weighted by atomic mass is 9.82. The topological polar surface area (TPSA) is 52.6 Å². The Kier molecular flexibility index (Phi) is 9.27. The van der Waals surface area contributed by atoms with Gasteiger partial charge in [0.15, 0.2) is 0 Å². The van der Waals surface area contributed by atoms with E-state index < -0.39 is 0 Å². The van der Waals surface area contributed by atoms with Crippen molar-refractivity contribution in [3.63, 3.8) is 0 Å². The molecule has 0 amide bonds. The van der Waals surface area contributed by atoms with Crippen LogP contribution >= 0.6 is 0 Å². The van der Waals surface area contributed by atoms with Gasteiger partial charge in [0.2, 0.25) is 0 Å². The van der Waals surface area contributed by atoms with E-state index in [2.05, 4.69) is 13.8 Å². The summed E-state index contributed by atoms with van der Waals surface area (Å²) in [4.78, 5) is 23.9. The smallest absolute Gasteiger partial charge is 0.309 e. The SMILES string of the molecule is CC(C)CCCCCOC(=O)C1CCC(C(=O)OC(C)C)CC1. The van der Waals surface area contributed by atoms with E-state index >= 15 is 0 Å². The highest BCUT2D eigenvalue weighted by molar-refractivity contribution is 5.75. The van der Waals surface area contributed by atoms with Crippen molar-refractivity contribution in [2.24, 2.45) is 17.8 Å². The molecular formula is C19H34O4. The minimum Gasteiger partial charge on any atom is -0.465 e. The summed E-state index contributed by atoms with van der Waals surface area (Å²) in [6, 6.07) is 0. The highest BCUT2D eigenvalue weighted by Gasteiger charge is 2.31. The maximum atomic E-state index is 12.1. The van der Waals surface area contributed by atoms with Crippen molar-refractivity contribution in [1.29, 1.82) is 0 Å². The molecule has 4 heteroatoms. The van der Waals surface area contributed by atoms with E-state index in [1.807, 2.05) is 13.8 Å². The standard InChI is InChI=1S/C19H34O4/c1-14(2)8-6-5-7-13-22-18(20)16-9-11-17(12-10-16)19(21)23-15(3)4/h14-17H,5-13H2,1-4H3. The van der Waals surface area contributed by atoms with Crippen LogP contribution in [0.2, 0.25) is 0 Å². The molecule has 0 atom stereocenters. The molecule has 1 aliphatic rings. The Hall–Kier alpha value is -1.06. The van der Waals surface area contributed by atoms with Crippen LogP contribution in [0, 0.1) is 17.8 Å². The number of rotatable bonds is 9. The van der Waals surface area contributed by atoms with Gasteiger partial charge < -0.3 is 9.47 Å². The van der Waals surface area contributed by atoms with E-state index in [1.54, 1.807) is 0 Å². The molecule has 1 fully saturated rings. The molecule has 0 N–H and O–H groups in total. The van der Waals surface area contributed by atoms with Crippen molar-refractivity contribution < 1.29 is 19.1 Å². The summed E-state index contributed by atoms with van der Waals surface area (Å²) in [7, 11) is 0. The number of carbonyl (C=O) groups excluding carboxylic acids is 2. The molecule has 0 unspecified atom stereocenters. The molecule has 1 aliphatic carbocycles. The Balaban J connectivity index is 2.14. The molecule has 0 spiro atoms. The maximum absolute atomic E-state index is 12.1. The Morgan fingerprint density at radius 1 is 0.870 bits per heavy atom. The summed E-state index contributed by atoms with van der Waals surface area (Å²) in [5.41, 5.74) is 0. The van der Waals surface area contributed by atoms with Crippen LogP contribution in [0.3, 0.4) is 0 Å². The summed E-state index contributed by atoms with van der Waals surface area (Å²) in [5, 5.41) is 0. The first kappa shape index (κ1) is 20.0. The van der Waals surface area contributed by atoms with Crippen LogP contribution < -0.4 is 0 Å². The average Bonchev–Trinajstić information content (AvgIpc) is 2.49. The second-order valence-corrected chi connectivity index (χ2v) is 7.44. The number of hydrogen-bond donors (Lipinski definition) is 0. The van der Waals surface area contributed by atoms with E-state index in [-0.39, 0.29) is 29.9 Å². The lowest BCUT2D eigenvalue weighted by Crippen LogP contribution is -2.29. The quantitative estimate of drug-likeness (QED) is 0.462. The van der Waals surface area contributed by atoms with Crippen LogP contribution in [-0.2, 0) is 19.1 Å². The third-order valence-electron chi connectivity index (χ3n) is 4.42. The number of carbonyl (C=O) groups is 2. The van der Waals surface area contributed by atoms with E-state index in [1.165, 1.54) is 12.8 Å². The zero-order chi connectivity index (χ0) is 17.2. The Morgan fingerprint density at radius 2 is 1.43 bits per heavy atom. The molecule has 0 aromatic carbocycles. The first-order chi connectivity index (χ1) is 10.9. The summed E-state index contributed by atoms with van der Waals surface area (Å²) >= 11 is 0. The first-order valence-electron chi connectivity index (χ1n) is 9.27.